The maximum atomic E-state index is 2.71. The molecule has 5 aromatic rings. The number of rotatable bonds is 8. The fourth-order valence-electron chi connectivity index (χ4n) is 4.05. The van der Waals surface area contributed by atoms with Gasteiger partial charge >= 0.3 is 0 Å². The van der Waals surface area contributed by atoms with Gasteiger partial charge in [-0.15, -0.1) is 11.8 Å². The molecule has 0 aromatic heterocycles. The van der Waals surface area contributed by atoms with Crippen molar-refractivity contribution in [1.29, 1.82) is 0 Å². The van der Waals surface area contributed by atoms with Crippen LogP contribution in [0.3, 0.4) is 0 Å². The minimum atomic E-state index is -0.836. The molecule has 0 amide bonds. The fraction of sp³-hybridized carbons (Fsp3) is 0.0323. The van der Waals surface area contributed by atoms with Gasteiger partial charge in [0.05, 0.1) is 16.1 Å². The summed E-state index contributed by atoms with van der Waals surface area (Å²) in [5.41, 5.74) is 1.25. The first-order valence-electron chi connectivity index (χ1n) is 11.6. The second kappa shape index (κ2) is 11.7. The number of benzene rings is 5. The van der Waals surface area contributed by atoms with Crippen LogP contribution in [0.2, 0.25) is 0 Å². The van der Waals surface area contributed by atoms with Crippen LogP contribution in [0.4, 0.5) is 5.69 Å². The Balaban J connectivity index is 1.78. The molecule has 0 bridgehead atoms. The van der Waals surface area contributed by atoms with Crippen LogP contribution in [0.5, 0.6) is 0 Å². The molecule has 0 aliphatic rings. The Labute approximate surface area is 215 Å². The highest BCUT2D eigenvalue weighted by Crippen LogP contribution is 2.57. The monoisotopic (exact) mass is 507 g/mol. The highest BCUT2D eigenvalue weighted by Gasteiger charge is 2.32. The largest absolute Gasteiger partial charge is 0.313 e. The molecule has 0 spiro atoms. The first-order valence-corrected chi connectivity index (χ1v) is 15.4. The predicted octanol–water partition coefficient (Wildman–Crippen LogP) is 7.31. The molecule has 0 heterocycles. The van der Waals surface area contributed by atoms with Gasteiger partial charge in [0.1, 0.15) is 0 Å². The summed E-state index contributed by atoms with van der Waals surface area (Å²) in [6.07, 6.45) is 2.13. The lowest BCUT2D eigenvalue weighted by Crippen LogP contribution is -2.31. The van der Waals surface area contributed by atoms with E-state index in [2.05, 4.69) is 156 Å². The van der Waals surface area contributed by atoms with Crippen molar-refractivity contribution in [2.45, 2.75) is 4.90 Å². The van der Waals surface area contributed by atoms with Crippen molar-refractivity contribution >= 4 is 54.8 Å². The van der Waals surface area contributed by atoms with Crippen molar-refractivity contribution in [2.75, 3.05) is 10.7 Å². The lowest BCUT2D eigenvalue weighted by Gasteiger charge is -2.40. The number of hydrogen-bond acceptors (Lipinski definition) is 2. The third-order valence-corrected chi connectivity index (χ3v) is 11.9. The van der Waals surface area contributed by atoms with Crippen LogP contribution in [0.1, 0.15) is 0 Å². The second-order valence-electron chi connectivity index (χ2n) is 7.95. The van der Waals surface area contributed by atoms with Gasteiger partial charge < -0.3 is 4.44 Å². The van der Waals surface area contributed by atoms with Crippen molar-refractivity contribution in [3.05, 3.63) is 146 Å². The van der Waals surface area contributed by atoms with E-state index in [1.165, 1.54) is 31.8 Å². The molecular weight excluding hydrogens is 480 g/mol. The minimum absolute atomic E-state index is 0.836. The molecule has 4 heteroatoms. The average Bonchev–Trinajstić information content (AvgIpc) is 2.95. The lowest BCUT2D eigenvalue weighted by atomic mass is 10.3. The van der Waals surface area contributed by atoms with Gasteiger partial charge in [-0.25, -0.2) is 0 Å². The normalized spacial score (nSPS) is 11.1. The highest BCUT2D eigenvalue weighted by molar-refractivity contribution is 7.98. The van der Waals surface area contributed by atoms with E-state index in [9.17, 15) is 0 Å². The van der Waals surface area contributed by atoms with Crippen molar-refractivity contribution < 1.29 is 0 Å². The van der Waals surface area contributed by atoms with Crippen LogP contribution in [0.25, 0.3) is 0 Å². The summed E-state index contributed by atoms with van der Waals surface area (Å²) < 4.78 is 2.71. The topological polar surface area (TPSA) is 3.24 Å². The zero-order chi connectivity index (χ0) is 23.9. The van der Waals surface area contributed by atoms with Gasteiger partial charge in [-0.3, -0.25) is 0 Å². The van der Waals surface area contributed by atoms with Gasteiger partial charge in [0, 0.05) is 31.8 Å². The molecule has 0 saturated heterocycles. The summed E-state index contributed by atoms with van der Waals surface area (Å²) in [7, 11) is -1.67. The van der Waals surface area contributed by atoms with E-state index in [-0.39, 0.29) is 0 Å². The lowest BCUT2D eigenvalue weighted by molar-refractivity contribution is 1.44. The van der Waals surface area contributed by atoms with Gasteiger partial charge in [-0.2, -0.15) is 0 Å². The van der Waals surface area contributed by atoms with Crippen LogP contribution in [0, 0.1) is 0 Å². The molecule has 0 aliphatic carbocycles. The SMILES string of the molecule is CSc1ccc(N(P(c2ccccc2)c2ccccc2)P(c2ccccc2)c2ccccc2)cc1. The molecule has 0 radical (unpaired) electrons. The Morgan fingerprint density at radius 3 is 1.03 bits per heavy atom. The minimum Gasteiger partial charge on any atom is -0.313 e. The zero-order valence-corrected chi connectivity index (χ0v) is 22.2. The summed E-state index contributed by atoms with van der Waals surface area (Å²) in [6.45, 7) is 0. The molecule has 0 saturated carbocycles. The van der Waals surface area contributed by atoms with Gasteiger partial charge in [0.25, 0.3) is 0 Å². The van der Waals surface area contributed by atoms with Gasteiger partial charge in [-0.05, 0) is 30.5 Å². The Bertz CT molecular complexity index is 1150. The molecule has 5 aromatic carbocycles. The number of nitrogens with zero attached hydrogens (tertiary/aromatic N) is 1. The smallest absolute Gasteiger partial charge is 0.0590 e. The van der Waals surface area contributed by atoms with E-state index in [0.29, 0.717) is 0 Å². The predicted molar refractivity (Wildman–Crippen MR) is 159 cm³/mol. The average molecular weight is 508 g/mol. The number of hydrogen-bond donors (Lipinski definition) is 0. The van der Waals surface area contributed by atoms with E-state index >= 15 is 0 Å². The Morgan fingerprint density at radius 1 is 0.429 bits per heavy atom. The van der Waals surface area contributed by atoms with Crippen molar-refractivity contribution in [2.24, 2.45) is 0 Å². The van der Waals surface area contributed by atoms with Crippen LogP contribution >= 0.6 is 27.9 Å². The van der Waals surface area contributed by atoms with Crippen molar-refractivity contribution in [1.82, 2.24) is 0 Å². The summed E-state index contributed by atoms with van der Waals surface area (Å²) >= 11 is 1.78. The fourth-order valence-corrected chi connectivity index (χ4v) is 10.4. The first-order chi connectivity index (χ1) is 17.3. The number of anilines is 1. The first kappa shape index (κ1) is 23.8. The highest BCUT2D eigenvalue weighted by atomic mass is 32.2. The summed E-state index contributed by atoms with van der Waals surface area (Å²) in [5.74, 6) is 0. The molecule has 35 heavy (non-hydrogen) atoms. The van der Waals surface area contributed by atoms with E-state index in [1.807, 2.05) is 0 Å². The Kier molecular flexibility index (Phi) is 7.96. The number of thioether (sulfide) groups is 1. The second-order valence-corrected chi connectivity index (χ2v) is 13.3. The third kappa shape index (κ3) is 5.52. The zero-order valence-electron chi connectivity index (χ0n) is 19.6. The molecule has 1 nitrogen and oxygen atoms in total. The Morgan fingerprint density at radius 2 is 0.743 bits per heavy atom. The van der Waals surface area contributed by atoms with Gasteiger partial charge in [0.2, 0.25) is 0 Å². The van der Waals surface area contributed by atoms with Crippen LogP contribution < -0.4 is 25.7 Å². The molecule has 0 atom stereocenters. The molecule has 0 aliphatic heterocycles. The third-order valence-electron chi connectivity index (χ3n) is 5.69. The molecule has 5 rings (SSSR count). The molecule has 0 fully saturated rings. The maximum absolute atomic E-state index is 2.71. The molecular formula is C31H27NP2S. The molecule has 0 unspecified atom stereocenters. The van der Waals surface area contributed by atoms with Crippen LogP contribution in [0.15, 0.2) is 150 Å². The Hall–Kier alpha value is -2.89. The van der Waals surface area contributed by atoms with Crippen LogP contribution in [-0.2, 0) is 0 Å². The van der Waals surface area contributed by atoms with E-state index in [0.717, 1.165) is 0 Å². The standard InChI is InChI=1S/C31H27NP2S/c1-35-31-24-22-26(23-25-31)32(33(27-14-6-2-7-15-27)28-16-8-3-9-17-28)34(29-18-10-4-11-19-29)30-20-12-5-13-21-30/h2-25H,1H3. The van der Waals surface area contributed by atoms with Gasteiger partial charge in [0.15, 0.2) is 0 Å². The quantitative estimate of drug-likeness (QED) is 0.160. The van der Waals surface area contributed by atoms with E-state index < -0.39 is 16.1 Å². The van der Waals surface area contributed by atoms with Crippen LogP contribution in [-0.4, -0.2) is 6.26 Å². The van der Waals surface area contributed by atoms with Crippen molar-refractivity contribution in [3.63, 3.8) is 0 Å². The summed E-state index contributed by atoms with van der Waals surface area (Å²) in [6, 6.07) is 53.1. The van der Waals surface area contributed by atoms with Gasteiger partial charge in [-0.1, -0.05) is 121 Å². The van der Waals surface area contributed by atoms with E-state index in [1.54, 1.807) is 11.8 Å². The summed E-state index contributed by atoms with van der Waals surface area (Å²) in [5, 5.41) is 5.40. The molecule has 0 N–H and O–H groups in total. The summed E-state index contributed by atoms with van der Waals surface area (Å²) in [4.78, 5) is 1.28. The van der Waals surface area contributed by atoms with E-state index in [4.69, 9.17) is 0 Å². The molecule has 172 valence electrons. The van der Waals surface area contributed by atoms with Crippen molar-refractivity contribution in [3.8, 4) is 0 Å². The maximum Gasteiger partial charge on any atom is 0.0590 e.